The maximum atomic E-state index is 12.7. The Bertz CT molecular complexity index is 342. The van der Waals surface area contributed by atoms with E-state index >= 15 is 0 Å². The van der Waals surface area contributed by atoms with Crippen molar-refractivity contribution in [3.05, 3.63) is 29.3 Å². The lowest BCUT2D eigenvalue weighted by atomic mass is 9.96. The molecule has 0 bridgehead atoms. The number of hydrogen-bond donors (Lipinski definition) is 1. The van der Waals surface area contributed by atoms with Gasteiger partial charge < -0.3 is 10.5 Å². The van der Waals surface area contributed by atoms with Crippen LogP contribution in [-0.2, 0) is 0 Å². The standard InChI is InChI=1S/C12H17F2NO/c1-8(5-6-15)9-3-4-11(16-2)10(7-9)12(13)14/h3-4,7-8,12H,5-6,15H2,1-2H3. The third-order valence-corrected chi connectivity index (χ3v) is 2.66. The SMILES string of the molecule is COc1ccc(C(C)CCN)cc1C(F)F. The van der Waals surface area contributed by atoms with Crippen LogP contribution in [0.15, 0.2) is 18.2 Å². The van der Waals surface area contributed by atoms with Gasteiger partial charge in [0.25, 0.3) is 6.43 Å². The summed E-state index contributed by atoms with van der Waals surface area (Å²) in [5.74, 6) is 0.423. The first-order valence-corrected chi connectivity index (χ1v) is 5.26. The van der Waals surface area contributed by atoms with E-state index in [0.717, 1.165) is 12.0 Å². The van der Waals surface area contributed by atoms with E-state index in [1.165, 1.54) is 13.2 Å². The fourth-order valence-electron chi connectivity index (χ4n) is 1.65. The minimum Gasteiger partial charge on any atom is -0.496 e. The lowest BCUT2D eigenvalue weighted by Gasteiger charge is -2.14. The van der Waals surface area contributed by atoms with E-state index in [4.69, 9.17) is 10.5 Å². The Morgan fingerprint density at radius 2 is 2.06 bits per heavy atom. The Balaban J connectivity index is 3.01. The average molecular weight is 229 g/mol. The summed E-state index contributed by atoms with van der Waals surface area (Å²) in [5, 5.41) is 0. The van der Waals surface area contributed by atoms with Crippen molar-refractivity contribution in [1.82, 2.24) is 0 Å². The van der Waals surface area contributed by atoms with Crippen LogP contribution in [0.3, 0.4) is 0 Å². The zero-order valence-electron chi connectivity index (χ0n) is 9.54. The van der Waals surface area contributed by atoms with Crippen LogP contribution >= 0.6 is 0 Å². The molecule has 0 aromatic heterocycles. The molecule has 2 N–H and O–H groups in total. The van der Waals surface area contributed by atoms with Gasteiger partial charge in [-0.05, 0) is 36.6 Å². The smallest absolute Gasteiger partial charge is 0.267 e. The van der Waals surface area contributed by atoms with Gasteiger partial charge in [-0.2, -0.15) is 0 Å². The maximum Gasteiger partial charge on any atom is 0.267 e. The summed E-state index contributed by atoms with van der Waals surface area (Å²) in [5.41, 5.74) is 6.27. The van der Waals surface area contributed by atoms with Gasteiger partial charge in [0.2, 0.25) is 0 Å². The molecule has 16 heavy (non-hydrogen) atoms. The summed E-state index contributed by atoms with van der Waals surface area (Å²) in [6, 6.07) is 4.90. The van der Waals surface area contributed by atoms with Crippen molar-refractivity contribution < 1.29 is 13.5 Å². The largest absolute Gasteiger partial charge is 0.496 e. The molecule has 0 aliphatic heterocycles. The Kier molecular flexibility index (Phi) is 4.68. The fourth-order valence-corrected chi connectivity index (χ4v) is 1.65. The van der Waals surface area contributed by atoms with Crippen molar-refractivity contribution in [3.63, 3.8) is 0 Å². The van der Waals surface area contributed by atoms with Crippen LogP contribution < -0.4 is 10.5 Å². The molecule has 0 aliphatic carbocycles. The van der Waals surface area contributed by atoms with Gasteiger partial charge in [-0.25, -0.2) is 8.78 Å². The zero-order valence-corrected chi connectivity index (χ0v) is 9.54. The maximum absolute atomic E-state index is 12.7. The highest BCUT2D eigenvalue weighted by atomic mass is 19.3. The highest BCUT2D eigenvalue weighted by Crippen LogP contribution is 2.32. The first kappa shape index (κ1) is 12.9. The van der Waals surface area contributed by atoms with E-state index in [0.29, 0.717) is 6.54 Å². The number of alkyl halides is 2. The summed E-state index contributed by atoms with van der Waals surface area (Å²) >= 11 is 0. The van der Waals surface area contributed by atoms with Crippen LogP contribution in [0.1, 0.15) is 36.8 Å². The van der Waals surface area contributed by atoms with E-state index in [2.05, 4.69) is 0 Å². The van der Waals surface area contributed by atoms with Gasteiger partial charge in [-0.1, -0.05) is 13.0 Å². The molecule has 0 fully saturated rings. The van der Waals surface area contributed by atoms with Gasteiger partial charge in [0.1, 0.15) is 5.75 Å². The highest BCUT2D eigenvalue weighted by molar-refractivity contribution is 5.39. The summed E-state index contributed by atoms with van der Waals surface area (Å²) < 4.78 is 30.4. The normalized spacial score (nSPS) is 12.9. The van der Waals surface area contributed by atoms with Gasteiger partial charge in [-0.15, -0.1) is 0 Å². The quantitative estimate of drug-likeness (QED) is 0.842. The van der Waals surface area contributed by atoms with Crippen molar-refractivity contribution in [2.24, 2.45) is 5.73 Å². The lowest BCUT2D eigenvalue weighted by Crippen LogP contribution is -2.05. The lowest BCUT2D eigenvalue weighted by molar-refractivity contribution is 0.147. The van der Waals surface area contributed by atoms with Crippen LogP contribution in [0, 0.1) is 0 Å². The van der Waals surface area contributed by atoms with Crippen molar-refractivity contribution in [3.8, 4) is 5.75 Å². The molecule has 1 unspecified atom stereocenters. The number of halogens is 2. The van der Waals surface area contributed by atoms with E-state index in [1.807, 2.05) is 13.0 Å². The highest BCUT2D eigenvalue weighted by Gasteiger charge is 2.16. The Hall–Kier alpha value is -1.16. The van der Waals surface area contributed by atoms with Crippen LogP contribution in [-0.4, -0.2) is 13.7 Å². The topological polar surface area (TPSA) is 35.2 Å². The van der Waals surface area contributed by atoms with Gasteiger partial charge >= 0.3 is 0 Å². The van der Waals surface area contributed by atoms with E-state index < -0.39 is 6.43 Å². The fraction of sp³-hybridized carbons (Fsp3) is 0.500. The third-order valence-electron chi connectivity index (χ3n) is 2.66. The molecule has 2 nitrogen and oxygen atoms in total. The number of ether oxygens (including phenoxy) is 1. The van der Waals surface area contributed by atoms with Crippen molar-refractivity contribution in [2.45, 2.75) is 25.7 Å². The predicted octanol–water partition coefficient (Wildman–Crippen LogP) is 3.09. The summed E-state index contributed by atoms with van der Waals surface area (Å²) in [6.45, 7) is 2.53. The molecule has 0 saturated carbocycles. The summed E-state index contributed by atoms with van der Waals surface area (Å²) in [6.07, 6.45) is -1.73. The van der Waals surface area contributed by atoms with Gasteiger partial charge in [0.05, 0.1) is 12.7 Å². The summed E-state index contributed by atoms with van der Waals surface area (Å²) in [4.78, 5) is 0. The van der Waals surface area contributed by atoms with Crippen LogP contribution in [0.2, 0.25) is 0 Å². The molecule has 0 heterocycles. The number of methoxy groups -OCH3 is 1. The van der Waals surface area contributed by atoms with Gasteiger partial charge in [-0.3, -0.25) is 0 Å². The molecule has 0 amide bonds. The Morgan fingerprint density at radius 3 is 2.56 bits per heavy atom. The second-order valence-corrected chi connectivity index (χ2v) is 3.78. The van der Waals surface area contributed by atoms with Gasteiger partial charge in [0.15, 0.2) is 0 Å². The molecule has 0 aliphatic rings. The van der Waals surface area contributed by atoms with Crippen LogP contribution in [0.25, 0.3) is 0 Å². The van der Waals surface area contributed by atoms with Crippen molar-refractivity contribution in [1.29, 1.82) is 0 Å². The molecular formula is C12H17F2NO. The molecule has 1 atom stereocenters. The molecule has 1 aromatic rings. The van der Waals surface area contributed by atoms with Crippen molar-refractivity contribution in [2.75, 3.05) is 13.7 Å². The predicted molar refractivity (Wildman–Crippen MR) is 60.0 cm³/mol. The first-order valence-electron chi connectivity index (χ1n) is 5.26. The van der Waals surface area contributed by atoms with Crippen LogP contribution in [0.4, 0.5) is 8.78 Å². The number of rotatable bonds is 5. The number of benzene rings is 1. The molecule has 1 aromatic carbocycles. The minimum absolute atomic E-state index is 0.0520. The van der Waals surface area contributed by atoms with E-state index in [1.54, 1.807) is 6.07 Å². The van der Waals surface area contributed by atoms with Crippen LogP contribution in [0.5, 0.6) is 5.75 Å². The molecule has 0 saturated heterocycles. The van der Waals surface area contributed by atoms with Crippen molar-refractivity contribution >= 4 is 0 Å². The Labute approximate surface area is 94.4 Å². The summed E-state index contributed by atoms with van der Waals surface area (Å²) in [7, 11) is 1.39. The van der Waals surface area contributed by atoms with E-state index in [9.17, 15) is 8.78 Å². The second-order valence-electron chi connectivity index (χ2n) is 3.78. The average Bonchev–Trinajstić information content (AvgIpc) is 2.28. The van der Waals surface area contributed by atoms with Gasteiger partial charge in [0, 0.05) is 0 Å². The number of hydrogen-bond acceptors (Lipinski definition) is 2. The van der Waals surface area contributed by atoms with E-state index in [-0.39, 0.29) is 17.2 Å². The minimum atomic E-state index is -2.51. The molecule has 0 spiro atoms. The third kappa shape index (κ3) is 2.92. The first-order chi connectivity index (χ1) is 7.60. The molecular weight excluding hydrogens is 212 g/mol. The zero-order chi connectivity index (χ0) is 12.1. The Morgan fingerprint density at radius 1 is 1.38 bits per heavy atom. The number of nitrogens with two attached hydrogens (primary N) is 1. The molecule has 1 rings (SSSR count). The molecule has 4 heteroatoms. The molecule has 0 radical (unpaired) electrons. The monoisotopic (exact) mass is 229 g/mol. The second kappa shape index (κ2) is 5.80. The molecule has 90 valence electrons.